The van der Waals surface area contributed by atoms with Crippen LogP contribution in [0.5, 0.6) is 5.75 Å². The van der Waals surface area contributed by atoms with Gasteiger partial charge in [0.1, 0.15) is 11.6 Å². The molecule has 7 nitrogen and oxygen atoms in total. The molecule has 0 N–H and O–H groups in total. The predicted molar refractivity (Wildman–Crippen MR) is 129 cm³/mol. The van der Waals surface area contributed by atoms with Crippen LogP contribution in [0.2, 0.25) is 0 Å². The van der Waals surface area contributed by atoms with E-state index in [1.54, 1.807) is 12.1 Å². The van der Waals surface area contributed by atoms with Gasteiger partial charge in [0.15, 0.2) is 6.10 Å². The summed E-state index contributed by atoms with van der Waals surface area (Å²) in [5.74, 6) is 0.414. The van der Waals surface area contributed by atoms with E-state index in [0.29, 0.717) is 44.2 Å². The Bertz CT molecular complexity index is 1030. The number of hydrogen-bond donors (Lipinski definition) is 0. The lowest BCUT2D eigenvalue weighted by Gasteiger charge is -2.40. The number of anilines is 2. The van der Waals surface area contributed by atoms with E-state index in [4.69, 9.17) is 4.74 Å². The molecular weight excluding hydrogens is 435 g/mol. The molecule has 0 aromatic heterocycles. The van der Waals surface area contributed by atoms with Crippen LogP contribution in [0.1, 0.15) is 19.3 Å². The summed E-state index contributed by atoms with van der Waals surface area (Å²) in [5.41, 5.74) is 1.42. The topological polar surface area (TPSA) is 56.3 Å². The number of fused-ring (bicyclic) bond motifs is 1. The number of nitrogens with zero attached hydrogens (tertiary/aromatic N) is 4. The number of piperidine rings is 1. The molecular formula is C26H31FN4O3. The molecule has 1 unspecified atom stereocenters. The van der Waals surface area contributed by atoms with Gasteiger partial charge in [-0.25, -0.2) is 4.39 Å². The summed E-state index contributed by atoms with van der Waals surface area (Å²) in [6, 6.07) is 14.3. The van der Waals surface area contributed by atoms with Crippen molar-refractivity contribution in [2.45, 2.75) is 25.4 Å². The molecule has 2 fully saturated rings. The van der Waals surface area contributed by atoms with Crippen molar-refractivity contribution >= 4 is 23.2 Å². The first-order chi connectivity index (χ1) is 16.6. The Labute approximate surface area is 199 Å². The van der Waals surface area contributed by atoms with Gasteiger partial charge in [0.05, 0.1) is 24.5 Å². The third-order valence-corrected chi connectivity index (χ3v) is 6.96. The van der Waals surface area contributed by atoms with E-state index in [1.165, 1.54) is 6.07 Å². The van der Waals surface area contributed by atoms with Gasteiger partial charge in [-0.05, 0) is 43.5 Å². The van der Waals surface area contributed by atoms with E-state index in [2.05, 4.69) is 0 Å². The zero-order valence-electron chi connectivity index (χ0n) is 19.4. The Morgan fingerprint density at radius 1 is 0.824 bits per heavy atom. The van der Waals surface area contributed by atoms with Gasteiger partial charge in [-0.3, -0.25) is 9.59 Å². The molecule has 0 saturated carbocycles. The number of hydrogen-bond acceptors (Lipinski definition) is 5. The fraction of sp³-hybridized carbons (Fsp3) is 0.462. The number of halogens is 1. The van der Waals surface area contributed by atoms with Crippen LogP contribution in [0.3, 0.4) is 0 Å². The lowest BCUT2D eigenvalue weighted by atomic mass is 10.1. The Hall–Kier alpha value is -3.29. The molecule has 2 saturated heterocycles. The first kappa shape index (κ1) is 22.5. The smallest absolute Gasteiger partial charge is 0.265 e. The van der Waals surface area contributed by atoms with E-state index in [0.717, 1.165) is 38.0 Å². The molecule has 0 bridgehead atoms. The highest BCUT2D eigenvalue weighted by atomic mass is 19.1. The second-order valence-corrected chi connectivity index (χ2v) is 9.16. The van der Waals surface area contributed by atoms with Crippen LogP contribution in [0, 0.1) is 5.82 Å². The van der Waals surface area contributed by atoms with E-state index >= 15 is 0 Å². The lowest BCUT2D eigenvalue weighted by Crippen LogP contribution is -2.55. The highest BCUT2D eigenvalue weighted by molar-refractivity contribution is 5.86. The van der Waals surface area contributed by atoms with Gasteiger partial charge >= 0.3 is 0 Å². The molecule has 2 aromatic carbocycles. The first-order valence-corrected chi connectivity index (χ1v) is 12.2. The Balaban J connectivity index is 1.24. The zero-order chi connectivity index (χ0) is 23.5. The van der Waals surface area contributed by atoms with Crippen molar-refractivity contribution in [3.8, 4) is 5.75 Å². The van der Waals surface area contributed by atoms with Crippen LogP contribution in [0.25, 0.3) is 0 Å². The quantitative estimate of drug-likeness (QED) is 0.694. The molecule has 0 spiro atoms. The molecule has 34 heavy (non-hydrogen) atoms. The van der Waals surface area contributed by atoms with Gasteiger partial charge in [0.2, 0.25) is 5.91 Å². The van der Waals surface area contributed by atoms with Crippen molar-refractivity contribution in [2.75, 3.05) is 62.2 Å². The van der Waals surface area contributed by atoms with Crippen LogP contribution in [0.4, 0.5) is 15.8 Å². The second kappa shape index (κ2) is 9.91. The third kappa shape index (κ3) is 4.67. The minimum atomic E-state index is -0.612. The number of rotatable bonds is 4. The Kier molecular flexibility index (Phi) is 6.56. The molecule has 2 amide bonds. The Morgan fingerprint density at radius 2 is 1.50 bits per heavy atom. The largest absolute Gasteiger partial charge is 0.477 e. The van der Waals surface area contributed by atoms with Crippen molar-refractivity contribution in [3.63, 3.8) is 0 Å². The SMILES string of the molecule is O=C(CN1CC(C(=O)N2CCCCC2)Oc2ccccc21)N1CCN(c2ccccc2F)CC1. The summed E-state index contributed by atoms with van der Waals surface area (Å²) >= 11 is 0. The van der Waals surface area contributed by atoms with Crippen LogP contribution >= 0.6 is 0 Å². The van der Waals surface area contributed by atoms with Crippen LogP contribution < -0.4 is 14.5 Å². The summed E-state index contributed by atoms with van der Waals surface area (Å²) < 4.78 is 20.2. The Morgan fingerprint density at radius 3 is 2.24 bits per heavy atom. The van der Waals surface area contributed by atoms with Gasteiger partial charge < -0.3 is 24.3 Å². The molecule has 180 valence electrons. The summed E-state index contributed by atoms with van der Waals surface area (Å²) in [7, 11) is 0. The van der Waals surface area contributed by atoms with Crippen LogP contribution in [-0.2, 0) is 9.59 Å². The van der Waals surface area contributed by atoms with Crippen molar-refractivity contribution in [3.05, 3.63) is 54.3 Å². The summed E-state index contributed by atoms with van der Waals surface area (Å²) in [6.45, 7) is 4.32. The van der Waals surface area contributed by atoms with Crippen LogP contribution in [-0.4, -0.2) is 80.1 Å². The van der Waals surface area contributed by atoms with Gasteiger partial charge in [0.25, 0.3) is 5.91 Å². The summed E-state index contributed by atoms with van der Waals surface area (Å²) in [6.07, 6.45) is 2.59. The first-order valence-electron chi connectivity index (χ1n) is 12.2. The molecule has 2 aromatic rings. The average molecular weight is 467 g/mol. The minimum Gasteiger partial charge on any atom is -0.477 e. The van der Waals surface area contributed by atoms with Crippen molar-refractivity contribution in [2.24, 2.45) is 0 Å². The summed E-state index contributed by atoms with van der Waals surface area (Å²) in [4.78, 5) is 34.0. The molecule has 3 aliphatic heterocycles. The number of amides is 2. The minimum absolute atomic E-state index is 0.00477. The molecule has 1 atom stereocenters. The number of piperazine rings is 1. The lowest BCUT2D eigenvalue weighted by molar-refractivity contribution is -0.140. The van der Waals surface area contributed by atoms with Crippen molar-refractivity contribution in [1.82, 2.24) is 9.80 Å². The molecule has 3 aliphatic rings. The molecule has 0 aliphatic carbocycles. The normalized spacial score (nSPS) is 20.6. The number of benzene rings is 2. The molecule has 0 radical (unpaired) electrons. The number of carbonyl (C=O) groups is 2. The summed E-state index contributed by atoms with van der Waals surface area (Å²) in [5, 5.41) is 0. The van der Waals surface area contributed by atoms with Gasteiger partial charge in [-0.1, -0.05) is 24.3 Å². The van der Waals surface area contributed by atoms with E-state index < -0.39 is 6.10 Å². The van der Waals surface area contributed by atoms with Gasteiger partial charge in [0, 0.05) is 39.3 Å². The highest BCUT2D eigenvalue weighted by Gasteiger charge is 2.35. The maximum absolute atomic E-state index is 14.1. The maximum atomic E-state index is 14.1. The number of para-hydroxylation sites is 3. The van der Waals surface area contributed by atoms with E-state index in [9.17, 15) is 14.0 Å². The number of carbonyl (C=O) groups excluding carboxylic acids is 2. The van der Waals surface area contributed by atoms with Gasteiger partial charge in [-0.2, -0.15) is 0 Å². The molecule has 8 heteroatoms. The number of likely N-dealkylation sites (tertiary alicyclic amines) is 1. The second-order valence-electron chi connectivity index (χ2n) is 9.16. The zero-order valence-corrected chi connectivity index (χ0v) is 19.4. The average Bonchev–Trinajstić information content (AvgIpc) is 2.89. The monoisotopic (exact) mass is 466 g/mol. The fourth-order valence-electron chi connectivity index (χ4n) is 5.07. The molecule has 3 heterocycles. The van der Waals surface area contributed by atoms with Gasteiger partial charge in [-0.15, -0.1) is 0 Å². The van der Waals surface area contributed by atoms with Crippen molar-refractivity contribution in [1.29, 1.82) is 0 Å². The number of ether oxygens (including phenoxy) is 1. The fourth-order valence-corrected chi connectivity index (χ4v) is 5.07. The van der Waals surface area contributed by atoms with E-state index in [-0.39, 0.29) is 24.2 Å². The highest BCUT2D eigenvalue weighted by Crippen LogP contribution is 2.33. The predicted octanol–water partition coefficient (Wildman–Crippen LogP) is 2.75. The van der Waals surface area contributed by atoms with Crippen molar-refractivity contribution < 1.29 is 18.7 Å². The van der Waals surface area contributed by atoms with Crippen LogP contribution in [0.15, 0.2) is 48.5 Å². The standard InChI is InChI=1S/C26H31FN4O3/c27-20-8-2-3-9-21(20)28-14-16-29(17-15-28)25(32)19-31-18-24(26(33)30-12-6-1-7-13-30)34-23-11-5-4-10-22(23)31/h2-5,8-11,24H,1,6-7,12-19H2. The molecule has 5 rings (SSSR count). The maximum Gasteiger partial charge on any atom is 0.265 e. The van der Waals surface area contributed by atoms with E-state index in [1.807, 2.05) is 49.9 Å². The third-order valence-electron chi connectivity index (χ3n) is 6.96.